The molecule has 0 atom stereocenters. The van der Waals surface area contributed by atoms with Gasteiger partial charge in [-0.25, -0.2) is 9.59 Å². The van der Waals surface area contributed by atoms with Crippen molar-refractivity contribution in [3.63, 3.8) is 0 Å². The summed E-state index contributed by atoms with van der Waals surface area (Å²) in [6, 6.07) is 6.67. The largest absolute Gasteiger partial charge is 0.452 e. The van der Waals surface area contributed by atoms with Crippen LogP contribution in [0.2, 0.25) is 0 Å². The van der Waals surface area contributed by atoms with E-state index >= 15 is 0 Å². The lowest BCUT2D eigenvalue weighted by molar-refractivity contribution is 0.0575. The number of halogens is 1. The second-order valence-corrected chi connectivity index (χ2v) is 5.68. The van der Waals surface area contributed by atoms with E-state index in [1.807, 2.05) is 0 Å². The van der Waals surface area contributed by atoms with Crippen LogP contribution in [0.15, 0.2) is 28.7 Å². The Balaban J connectivity index is 3.05. The minimum Gasteiger partial charge on any atom is -0.452 e. The van der Waals surface area contributed by atoms with Gasteiger partial charge in [-0.1, -0.05) is 15.9 Å². The Kier molecular flexibility index (Phi) is 4.94. The van der Waals surface area contributed by atoms with E-state index in [0.717, 1.165) is 9.37 Å². The van der Waals surface area contributed by atoms with Gasteiger partial charge in [0.15, 0.2) is 0 Å². The van der Waals surface area contributed by atoms with Crippen molar-refractivity contribution in [1.82, 2.24) is 0 Å². The molecule has 0 saturated heterocycles. The number of nitrogens with zero attached hydrogens (tertiary/aromatic N) is 1. The van der Waals surface area contributed by atoms with Gasteiger partial charge >= 0.3 is 12.2 Å². The van der Waals surface area contributed by atoms with Gasteiger partial charge in [0.25, 0.3) is 0 Å². The van der Waals surface area contributed by atoms with E-state index in [2.05, 4.69) is 20.7 Å². The molecule has 0 fully saturated rings. The van der Waals surface area contributed by atoms with Gasteiger partial charge in [0, 0.05) is 4.47 Å². The number of ether oxygens (including phenoxy) is 2. The Morgan fingerprint density at radius 2 is 1.63 bits per heavy atom. The second-order valence-electron chi connectivity index (χ2n) is 4.76. The molecular formula is C13H16BrNO4. The smallest absolute Gasteiger partial charge is 0.424 e. The van der Waals surface area contributed by atoms with E-state index in [1.165, 1.54) is 7.11 Å². The van der Waals surface area contributed by atoms with Gasteiger partial charge in [0.1, 0.15) is 5.60 Å². The van der Waals surface area contributed by atoms with Crippen molar-refractivity contribution in [2.24, 2.45) is 0 Å². The number of hydrogen-bond donors (Lipinski definition) is 0. The average molecular weight is 330 g/mol. The molecule has 1 rings (SSSR count). The number of imide groups is 1. The van der Waals surface area contributed by atoms with E-state index in [0.29, 0.717) is 5.69 Å². The summed E-state index contributed by atoms with van der Waals surface area (Å²) in [6.07, 6.45) is -1.57. The highest BCUT2D eigenvalue weighted by molar-refractivity contribution is 9.10. The summed E-state index contributed by atoms with van der Waals surface area (Å²) in [6.45, 7) is 5.17. The zero-order valence-electron chi connectivity index (χ0n) is 11.3. The second kappa shape index (κ2) is 6.06. The van der Waals surface area contributed by atoms with Crippen LogP contribution in [-0.4, -0.2) is 24.9 Å². The first-order chi connectivity index (χ1) is 8.74. The molecule has 0 spiro atoms. The Labute approximate surface area is 120 Å². The topological polar surface area (TPSA) is 55.8 Å². The zero-order chi connectivity index (χ0) is 14.6. The number of carbonyl (C=O) groups is 2. The van der Waals surface area contributed by atoms with E-state index in [-0.39, 0.29) is 0 Å². The fourth-order valence-electron chi connectivity index (χ4n) is 1.27. The number of anilines is 1. The maximum atomic E-state index is 12.0. The molecule has 6 heteroatoms. The van der Waals surface area contributed by atoms with Gasteiger partial charge in [-0.15, -0.1) is 0 Å². The zero-order valence-corrected chi connectivity index (χ0v) is 12.9. The van der Waals surface area contributed by atoms with E-state index in [9.17, 15) is 9.59 Å². The molecule has 0 N–H and O–H groups in total. The van der Waals surface area contributed by atoms with Crippen LogP contribution >= 0.6 is 15.9 Å². The minimum absolute atomic E-state index is 0.379. The normalized spacial score (nSPS) is 10.8. The maximum Gasteiger partial charge on any atom is 0.424 e. The SMILES string of the molecule is COC(=O)N(C(=O)OC(C)(C)C)c1ccc(Br)cc1. The molecule has 1 aromatic rings. The number of rotatable bonds is 1. The molecule has 2 amide bonds. The summed E-state index contributed by atoms with van der Waals surface area (Å²) in [5.41, 5.74) is -0.317. The van der Waals surface area contributed by atoms with Crippen LogP contribution in [-0.2, 0) is 9.47 Å². The number of carbonyl (C=O) groups excluding carboxylic acids is 2. The molecule has 0 heterocycles. The van der Waals surface area contributed by atoms with Crippen LogP contribution in [0.3, 0.4) is 0 Å². The Morgan fingerprint density at radius 3 is 2.05 bits per heavy atom. The quantitative estimate of drug-likeness (QED) is 0.782. The highest BCUT2D eigenvalue weighted by Crippen LogP contribution is 2.21. The van der Waals surface area contributed by atoms with Crippen LogP contribution in [0.5, 0.6) is 0 Å². The predicted octanol–water partition coefficient (Wildman–Crippen LogP) is 3.96. The monoisotopic (exact) mass is 329 g/mol. The third-order valence-corrected chi connectivity index (χ3v) is 2.55. The number of hydrogen-bond acceptors (Lipinski definition) is 4. The van der Waals surface area contributed by atoms with Gasteiger partial charge in [0.2, 0.25) is 0 Å². The molecule has 0 bridgehead atoms. The molecule has 5 nitrogen and oxygen atoms in total. The molecule has 0 aromatic heterocycles. The molecule has 104 valence electrons. The molecule has 0 unspecified atom stereocenters. The fraction of sp³-hybridized carbons (Fsp3) is 0.385. The minimum atomic E-state index is -0.795. The Morgan fingerprint density at radius 1 is 1.11 bits per heavy atom. The van der Waals surface area contributed by atoms with Crippen molar-refractivity contribution in [2.75, 3.05) is 12.0 Å². The molecule has 1 aromatic carbocycles. The molecule has 0 saturated carbocycles. The summed E-state index contributed by atoms with van der Waals surface area (Å²) in [4.78, 5) is 24.6. The van der Waals surface area contributed by atoms with Crippen molar-refractivity contribution >= 4 is 33.8 Å². The summed E-state index contributed by atoms with van der Waals surface area (Å²) >= 11 is 3.28. The van der Waals surface area contributed by atoms with Crippen LogP contribution in [0, 0.1) is 0 Å². The average Bonchev–Trinajstić information content (AvgIpc) is 2.29. The summed E-state index contributed by atoms with van der Waals surface area (Å²) in [5.74, 6) is 0. The third-order valence-electron chi connectivity index (χ3n) is 2.02. The van der Waals surface area contributed by atoms with E-state index in [4.69, 9.17) is 4.74 Å². The highest BCUT2D eigenvalue weighted by Gasteiger charge is 2.29. The Hall–Kier alpha value is -1.56. The molecule has 0 radical (unpaired) electrons. The van der Waals surface area contributed by atoms with Crippen molar-refractivity contribution in [2.45, 2.75) is 26.4 Å². The van der Waals surface area contributed by atoms with Gasteiger partial charge in [-0.05, 0) is 45.0 Å². The van der Waals surface area contributed by atoms with Crippen molar-refractivity contribution < 1.29 is 19.1 Å². The van der Waals surface area contributed by atoms with Crippen molar-refractivity contribution in [1.29, 1.82) is 0 Å². The first kappa shape index (κ1) is 15.5. The maximum absolute atomic E-state index is 12.0. The summed E-state index contributed by atoms with van der Waals surface area (Å²) in [5, 5.41) is 0. The number of methoxy groups -OCH3 is 1. The summed E-state index contributed by atoms with van der Waals surface area (Å²) < 4.78 is 10.6. The van der Waals surface area contributed by atoms with Crippen molar-refractivity contribution in [3.05, 3.63) is 28.7 Å². The highest BCUT2D eigenvalue weighted by atomic mass is 79.9. The van der Waals surface area contributed by atoms with Crippen LogP contribution in [0.25, 0.3) is 0 Å². The molecule has 0 aliphatic heterocycles. The van der Waals surface area contributed by atoms with Gasteiger partial charge in [-0.3, -0.25) is 0 Å². The lowest BCUT2D eigenvalue weighted by Gasteiger charge is -2.25. The van der Waals surface area contributed by atoms with Crippen LogP contribution in [0.4, 0.5) is 15.3 Å². The molecular weight excluding hydrogens is 314 g/mol. The number of benzene rings is 1. The summed E-state index contributed by atoms with van der Waals surface area (Å²) in [7, 11) is 1.21. The van der Waals surface area contributed by atoms with Crippen LogP contribution in [0.1, 0.15) is 20.8 Å². The molecule has 0 aliphatic rings. The third kappa shape index (κ3) is 4.55. The standard InChI is InChI=1S/C13H16BrNO4/c1-13(2,3)19-12(17)15(11(16)18-4)10-7-5-9(14)6-8-10/h5-8H,1-4H3. The first-order valence-corrected chi connectivity index (χ1v) is 6.40. The van der Waals surface area contributed by atoms with Gasteiger partial charge in [-0.2, -0.15) is 4.90 Å². The molecule has 19 heavy (non-hydrogen) atoms. The lowest BCUT2D eigenvalue weighted by atomic mass is 10.2. The predicted molar refractivity (Wildman–Crippen MR) is 75.3 cm³/mol. The van der Waals surface area contributed by atoms with Gasteiger partial charge in [0.05, 0.1) is 12.8 Å². The van der Waals surface area contributed by atoms with Crippen molar-refractivity contribution in [3.8, 4) is 0 Å². The van der Waals surface area contributed by atoms with E-state index in [1.54, 1.807) is 45.0 Å². The number of amides is 2. The van der Waals surface area contributed by atoms with Gasteiger partial charge < -0.3 is 9.47 Å². The first-order valence-electron chi connectivity index (χ1n) is 5.61. The van der Waals surface area contributed by atoms with E-state index < -0.39 is 17.8 Å². The lowest BCUT2D eigenvalue weighted by Crippen LogP contribution is -2.41. The fourth-order valence-corrected chi connectivity index (χ4v) is 1.54. The Bertz CT molecular complexity index is 465. The molecule has 0 aliphatic carbocycles. The van der Waals surface area contributed by atoms with Crippen LogP contribution < -0.4 is 4.90 Å².